The number of carbonyl (C=O) groups excluding carboxylic acids is 1. The van der Waals surface area contributed by atoms with E-state index in [2.05, 4.69) is 4.74 Å². The average molecular weight is 260 g/mol. The van der Waals surface area contributed by atoms with Crippen molar-refractivity contribution in [1.29, 1.82) is 0 Å². The molecule has 1 saturated carbocycles. The molecule has 18 heavy (non-hydrogen) atoms. The van der Waals surface area contributed by atoms with Crippen LogP contribution in [0.3, 0.4) is 0 Å². The minimum absolute atomic E-state index is 0.0762. The quantitative estimate of drug-likeness (QED) is 0.544. The van der Waals surface area contributed by atoms with Crippen molar-refractivity contribution in [2.24, 2.45) is 17.3 Å². The van der Waals surface area contributed by atoms with E-state index in [0.29, 0.717) is 0 Å². The standard InChI is InChI=1S/C11H16O7/c1-17-9(14)8-5-4-18-7(13)3-11(5,10(15)16)2-6(8)12/h5-8,12-13H,2-4H2,1H3,(H,15,16). The Morgan fingerprint density at radius 3 is 2.56 bits per heavy atom. The van der Waals surface area contributed by atoms with Crippen LogP contribution in [0.4, 0.5) is 0 Å². The van der Waals surface area contributed by atoms with Gasteiger partial charge in [0, 0.05) is 12.3 Å². The van der Waals surface area contributed by atoms with Gasteiger partial charge in [0.05, 0.1) is 31.2 Å². The van der Waals surface area contributed by atoms with E-state index in [1.54, 1.807) is 0 Å². The number of carboxylic acid groups (broad SMARTS) is 1. The van der Waals surface area contributed by atoms with E-state index < -0.39 is 41.6 Å². The molecule has 0 aromatic carbocycles. The number of methoxy groups -OCH3 is 1. The Bertz CT molecular complexity index is 368. The maximum Gasteiger partial charge on any atom is 0.311 e. The number of fused-ring (bicyclic) bond motifs is 1. The molecule has 0 aromatic heterocycles. The summed E-state index contributed by atoms with van der Waals surface area (Å²) < 4.78 is 9.61. The van der Waals surface area contributed by atoms with Gasteiger partial charge in [-0.3, -0.25) is 9.59 Å². The maximum absolute atomic E-state index is 11.6. The first-order chi connectivity index (χ1) is 8.42. The summed E-state index contributed by atoms with van der Waals surface area (Å²) in [5.41, 5.74) is -1.32. The fourth-order valence-electron chi connectivity index (χ4n) is 3.14. The lowest BCUT2D eigenvalue weighted by molar-refractivity contribution is -0.202. The molecule has 0 amide bonds. The van der Waals surface area contributed by atoms with Crippen LogP contribution in [0.1, 0.15) is 12.8 Å². The summed E-state index contributed by atoms with van der Waals surface area (Å²) >= 11 is 0. The van der Waals surface area contributed by atoms with E-state index >= 15 is 0 Å². The van der Waals surface area contributed by atoms with Crippen LogP contribution in [-0.4, -0.2) is 53.4 Å². The number of rotatable bonds is 2. The van der Waals surface area contributed by atoms with Crippen molar-refractivity contribution in [3.63, 3.8) is 0 Å². The number of esters is 1. The first-order valence-corrected chi connectivity index (χ1v) is 5.71. The maximum atomic E-state index is 11.6. The van der Waals surface area contributed by atoms with Gasteiger partial charge in [0.15, 0.2) is 6.29 Å². The summed E-state index contributed by atoms with van der Waals surface area (Å²) in [5, 5.41) is 28.8. The molecule has 2 rings (SSSR count). The number of ether oxygens (including phenoxy) is 2. The number of hydrogen-bond donors (Lipinski definition) is 3. The number of carboxylic acids is 1. The van der Waals surface area contributed by atoms with Crippen LogP contribution in [-0.2, 0) is 19.1 Å². The largest absolute Gasteiger partial charge is 0.481 e. The molecule has 0 bridgehead atoms. The lowest BCUT2D eigenvalue weighted by Crippen LogP contribution is -2.48. The fourth-order valence-corrected chi connectivity index (χ4v) is 3.14. The number of aliphatic hydroxyl groups excluding tert-OH is 2. The second-order valence-corrected chi connectivity index (χ2v) is 4.88. The van der Waals surface area contributed by atoms with E-state index in [0.717, 1.165) is 0 Å². The molecule has 7 nitrogen and oxygen atoms in total. The minimum Gasteiger partial charge on any atom is -0.481 e. The predicted octanol–water partition coefficient (Wildman–Crippen LogP) is -1.03. The van der Waals surface area contributed by atoms with Gasteiger partial charge < -0.3 is 24.8 Å². The molecule has 1 aliphatic carbocycles. The lowest BCUT2D eigenvalue weighted by Gasteiger charge is -2.38. The zero-order chi connectivity index (χ0) is 13.5. The van der Waals surface area contributed by atoms with E-state index in [4.69, 9.17) is 4.74 Å². The van der Waals surface area contributed by atoms with Gasteiger partial charge in [-0.15, -0.1) is 0 Å². The zero-order valence-corrected chi connectivity index (χ0v) is 9.91. The molecular weight excluding hydrogens is 244 g/mol. The second-order valence-electron chi connectivity index (χ2n) is 4.88. The summed E-state index contributed by atoms with van der Waals surface area (Å²) in [6.07, 6.45) is -2.47. The van der Waals surface area contributed by atoms with Gasteiger partial charge >= 0.3 is 11.9 Å². The smallest absolute Gasteiger partial charge is 0.311 e. The summed E-state index contributed by atoms with van der Waals surface area (Å²) in [6, 6.07) is 0. The molecular formula is C11H16O7. The third kappa shape index (κ3) is 1.79. The number of hydrogen-bond acceptors (Lipinski definition) is 6. The van der Waals surface area contributed by atoms with Gasteiger partial charge in [-0.25, -0.2) is 0 Å². The molecule has 1 aliphatic heterocycles. The highest BCUT2D eigenvalue weighted by atomic mass is 16.6. The number of carbonyl (C=O) groups is 2. The Morgan fingerprint density at radius 1 is 1.33 bits per heavy atom. The molecule has 2 fully saturated rings. The van der Waals surface area contributed by atoms with Crippen molar-refractivity contribution in [2.75, 3.05) is 13.7 Å². The SMILES string of the molecule is COC(=O)C1C(O)CC2(C(=O)O)CC(O)OCC12. The van der Waals surface area contributed by atoms with Crippen LogP contribution < -0.4 is 0 Å². The van der Waals surface area contributed by atoms with Crippen molar-refractivity contribution in [2.45, 2.75) is 25.2 Å². The molecule has 3 N–H and O–H groups in total. The molecule has 102 valence electrons. The highest BCUT2D eigenvalue weighted by molar-refractivity contribution is 5.81. The van der Waals surface area contributed by atoms with Crippen molar-refractivity contribution in [1.82, 2.24) is 0 Å². The zero-order valence-electron chi connectivity index (χ0n) is 9.91. The second kappa shape index (κ2) is 4.49. The van der Waals surface area contributed by atoms with Gasteiger partial charge in [-0.2, -0.15) is 0 Å². The van der Waals surface area contributed by atoms with E-state index in [1.165, 1.54) is 7.11 Å². The van der Waals surface area contributed by atoms with Crippen LogP contribution in [0, 0.1) is 17.3 Å². The third-order valence-corrected chi connectivity index (χ3v) is 4.04. The summed E-state index contributed by atoms with van der Waals surface area (Å²) in [7, 11) is 1.19. The van der Waals surface area contributed by atoms with Crippen LogP contribution in [0.2, 0.25) is 0 Å². The molecule has 7 heteroatoms. The van der Waals surface area contributed by atoms with Crippen LogP contribution >= 0.6 is 0 Å². The van der Waals surface area contributed by atoms with E-state index in [1.807, 2.05) is 0 Å². The Hall–Kier alpha value is -1.18. The van der Waals surface area contributed by atoms with Gasteiger partial charge in [-0.05, 0) is 6.42 Å². The van der Waals surface area contributed by atoms with Crippen LogP contribution in [0.5, 0.6) is 0 Å². The van der Waals surface area contributed by atoms with Gasteiger partial charge in [0.25, 0.3) is 0 Å². The molecule has 1 heterocycles. The molecule has 0 spiro atoms. The summed E-state index contributed by atoms with van der Waals surface area (Å²) in [4.78, 5) is 23.1. The Morgan fingerprint density at radius 2 is 2.00 bits per heavy atom. The molecule has 5 unspecified atom stereocenters. The lowest BCUT2D eigenvalue weighted by atomic mass is 9.71. The normalized spacial score (nSPS) is 43.3. The first kappa shape index (κ1) is 13.3. The van der Waals surface area contributed by atoms with Crippen LogP contribution in [0.15, 0.2) is 0 Å². The van der Waals surface area contributed by atoms with Crippen molar-refractivity contribution < 1.29 is 34.4 Å². The van der Waals surface area contributed by atoms with Crippen molar-refractivity contribution in [3.8, 4) is 0 Å². The average Bonchev–Trinajstić information content (AvgIpc) is 2.60. The molecule has 0 radical (unpaired) electrons. The van der Waals surface area contributed by atoms with Crippen molar-refractivity contribution >= 4 is 11.9 Å². The van der Waals surface area contributed by atoms with Crippen LogP contribution in [0.25, 0.3) is 0 Å². The molecule has 5 atom stereocenters. The van der Waals surface area contributed by atoms with E-state index in [-0.39, 0.29) is 19.4 Å². The van der Waals surface area contributed by atoms with Crippen molar-refractivity contribution in [3.05, 3.63) is 0 Å². The highest BCUT2D eigenvalue weighted by Crippen LogP contribution is 2.53. The molecule has 2 aliphatic rings. The number of aliphatic hydroxyl groups is 2. The highest BCUT2D eigenvalue weighted by Gasteiger charge is 2.62. The first-order valence-electron chi connectivity index (χ1n) is 5.71. The topological polar surface area (TPSA) is 113 Å². The molecule has 1 saturated heterocycles. The summed E-state index contributed by atoms with van der Waals surface area (Å²) in [5.74, 6) is -3.37. The Kier molecular flexibility index (Phi) is 3.31. The van der Waals surface area contributed by atoms with E-state index in [9.17, 15) is 24.9 Å². The molecule has 0 aromatic rings. The van der Waals surface area contributed by atoms with Gasteiger partial charge in [-0.1, -0.05) is 0 Å². The van der Waals surface area contributed by atoms with Gasteiger partial charge in [0.1, 0.15) is 0 Å². The Balaban J connectivity index is 2.35. The number of aliphatic carboxylic acids is 1. The monoisotopic (exact) mass is 260 g/mol. The predicted molar refractivity (Wildman–Crippen MR) is 56.3 cm³/mol. The van der Waals surface area contributed by atoms with Gasteiger partial charge in [0.2, 0.25) is 0 Å². The third-order valence-electron chi connectivity index (χ3n) is 4.04. The summed E-state index contributed by atoms with van der Waals surface area (Å²) in [6.45, 7) is -0.0791. The fraction of sp³-hybridized carbons (Fsp3) is 0.818. The minimum atomic E-state index is -1.32. The Labute approximate surface area is 103 Å².